The molecule has 0 aliphatic rings. The molecule has 2 heterocycles. The Balaban J connectivity index is 1.64. The van der Waals surface area contributed by atoms with E-state index in [1.54, 1.807) is 41.1 Å². The van der Waals surface area contributed by atoms with Crippen LogP contribution in [0.25, 0.3) is 11.0 Å². The van der Waals surface area contributed by atoms with Crippen molar-refractivity contribution in [3.05, 3.63) is 58.0 Å². The highest BCUT2D eigenvalue weighted by Crippen LogP contribution is 2.12. The zero-order valence-corrected chi connectivity index (χ0v) is 16.4. The highest BCUT2D eigenvalue weighted by Gasteiger charge is 2.21. The summed E-state index contributed by atoms with van der Waals surface area (Å²) in [6, 6.07) is 7.03. The van der Waals surface area contributed by atoms with Crippen molar-refractivity contribution in [3.8, 4) is 0 Å². The number of carboxylic acid groups (broad SMARTS) is 2. The molecule has 6 N–H and O–H groups in total. The van der Waals surface area contributed by atoms with Gasteiger partial charge in [-0.2, -0.15) is 4.98 Å². The first-order chi connectivity index (χ1) is 14.7. The van der Waals surface area contributed by atoms with E-state index in [0.717, 1.165) is 5.56 Å². The predicted molar refractivity (Wildman–Crippen MR) is 111 cm³/mol. The molecule has 162 valence electrons. The first-order valence-electron chi connectivity index (χ1n) is 9.43. The molecule has 0 radical (unpaired) electrons. The number of nitrogens with one attached hydrogen (secondary N) is 2. The standard InChI is InChI=1S/C20H21N5O6/c21-20-23-13-8-10-25(16(13)18(29)24-20)9-7-11-1-3-12(4-2-11)17(28)22-14(19(30)31)5-6-15(26)27/h1-4,8,10,14H,5-7,9H2,(H,22,28)(H,26,27)(H,30,31)(H3,21,23,24,29)/t14-/m0/s1. The molecule has 1 amide bonds. The zero-order valence-electron chi connectivity index (χ0n) is 16.4. The Labute approximate surface area is 175 Å². The fourth-order valence-corrected chi connectivity index (χ4v) is 3.17. The number of rotatable bonds is 9. The van der Waals surface area contributed by atoms with Crippen molar-refractivity contribution in [1.82, 2.24) is 19.9 Å². The lowest BCUT2D eigenvalue weighted by atomic mass is 10.1. The number of nitrogen functional groups attached to an aromatic ring is 1. The number of carboxylic acids is 2. The molecule has 0 aliphatic carbocycles. The molecule has 3 rings (SSSR count). The number of aliphatic carboxylic acids is 2. The maximum Gasteiger partial charge on any atom is 0.326 e. The second-order valence-electron chi connectivity index (χ2n) is 6.94. The van der Waals surface area contributed by atoms with Gasteiger partial charge in [0.1, 0.15) is 11.6 Å². The number of fused-ring (bicyclic) bond motifs is 1. The fourth-order valence-electron chi connectivity index (χ4n) is 3.17. The van der Waals surface area contributed by atoms with E-state index in [4.69, 9.17) is 15.9 Å². The summed E-state index contributed by atoms with van der Waals surface area (Å²) < 4.78 is 1.77. The molecular formula is C20H21N5O6. The monoisotopic (exact) mass is 427 g/mol. The first kappa shape index (κ1) is 21.6. The van der Waals surface area contributed by atoms with Crippen LogP contribution in [-0.2, 0) is 22.6 Å². The van der Waals surface area contributed by atoms with E-state index >= 15 is 0 Å². The zero-order chi connectivity index (χ0) is 22.5. The number of carbonyl (C=O) groups is 3. The Morgan fingerprint density at radius 1 is 1.16 bits per heavy atom. The molecular weight excluding hydrogens is 406 g/mol. The van der Waals surface area contributed by atoms with Gasteiger partial charge in [-0.1, -0.05) is 12.1 Å². The van der Waals surface area contributed by atoms with Gasteiger partial charge in [0, 0.05) is 24.7 Å². The second-order valence-corrected chi connectivity index (χ2v) is 6.94. The third-order valence-corrected chi connectivity index (χ3v) is 4.76. The van der Waals surface area contributed by atoms with Crippen LogP contribution < -0.4 is 16.6 Å². The number of nitrogens with two attached hydrogens (primary N) is 1. The lowest BCUT2D eigenvalue weighted by Gasteiger charge is -2.13. The Kier molecular flexibility index (Phi) is 6.34. The molecule has 11 heteroatoms. The first-order valence-corrected chi connectivity index (χ1v) is 9.43. The molecule has 0 saturated carbocycles. The summed E-state index contributed by atoms with van der Waals surface area (Å²) >= 11 is 0. The topological polar surface area (TPSA) is 180 Å². The summed E-state index contributed by atoms with van der Waals surface area (Å²) in [5.41, 5.74) is 7.31. The van der Waals surface area contributed by atoms with Gasteiger partial charge in [-0.25, -0.2) is 4.79 Å². The van der Waals surface area contributed by atoms with Gasteiger partial charge in [0.2, 0.25) is 5.95 Å². The van der Waals surface area contributed by atoms with E-state index in [1.807, 2.05) is 0 Å². The molecule has 1 atom stereocenters. The number of aryl methyl sites for hydroxylation is 2. The predicted octanol–water partition coefficient (Wildman–Crippen LogP) is 0.597. The number of amides is 1. The minimum Gasteiger partial charge on any atom is -0.481 e. The van der Waals surface area contributed by atoms with Crippen LogP contribution >= 0.6 is 0 Å². The van der Waals surface area contributed by atoms with Gasteiger partial charge in [0.05, 0.1) is 5.52 Å². The molecule has 3 aromatic rings. The van der Waals surface area contributed by atoms with Crippen LogP contribution in [0.3, 0.4) is 0 Å². The van der Waals surface area contributed by atoms with Crippen molar-refractivity contribution in [2.75, 3.05) is 5.73 Å². The maximum atomic E-state index is 12.3. The lowest BCUT2D eigenvalue weighted by Crippen LogP contribution is -2.41. The Morgan fingerprint density at radius 3 is 2.52 bits per heavy atom. The summed E-state index contributed by atoms with van der Waals surface area (Å²) in [4.78, 5) is 52.8. The van der Waals surface area contributed by atoms with Crippen LogP contribution in [0.2, 0.25) is 0 Å². The van der Waals surface area contributed by atoms with Gasteiger partial charge >= 0.3 is 11.9 Å². The maximum absolute atomic E-state index is 12.3. The number of benzene rings is 1. The summed E-state index contributed by atoms with van der Waals surface area (Å²) in [6.45, 7) is 0.500. The van der Waals surface area contributed by atoms with Gasteiger partial charge in [-0.15, -0.1) is 0 Å². The van der Waals surface area contributed by atoms with Crippen LogP contribution in [0.4, 0.5) is 5.95 Å². The molecule has 0 aliphatic heterocycles. The van der Waals surface area contributed by atoms with Crippen LogP contribution in [0.1, 0.15) is 28.8 Å². The van der Waals surface area contributed by atoms with Gasteiger partial charge in [-0.3, -0.25) is 14.4 Å². The number of carbonyl (C=O) groups excluding carboxylic acids is 1. The molecule has 2 aromatic heterocycles. The highest BCUT2D eigenvalue weighted by atomic mass is 16.4. The highest BCUT2D eigenvalue weighted by molar-refractivity contribution is 5.96. The average molecular weight is 427 g/mol. The van der Waals surface area contributed by atoms with Crippen LogP contribution in [0.15, 0.2) is 41.3 Å². The molecule has 1 aromatic carbocycles. The third-order valence-electron chi connectivity index (χ3n) is 4.76. The fraction of sp³-hybridized carbons (Fsp3) is 0.250. The lowest BCUT2D eigenvalue weighted by molar-refractivity contribution is -0.140. The number of aromatic amines is 1. The van der Waals surface area contributed by atoms with E-state index < -0.39 is 29.4 Å². The van der Waals surface area contributed by atoms with E-state index in [0.29, 0.717) is 24.0 Å². The van der Waals surface area contributed by atoms with Crippen molar-refractivity contribution < 1.29 is 24.6 Å². The number of hydrogen-bond acceptors (Lipinski definition) is 6. The van der Waals surface area contributed by atoms with E-state index in [-0.39, 0.29) is 24.4 Å². The summed E-state index contributed by atoms with van der Waals surface area (Å²) in [5.74, 6) is -2.98. The van der Waals surface area contributed by atoms with Gasteiger partial charge in [0.15, 0.2) is 0 Å². The van der Waals surface area contributed by atoms with Gasteiger partial charge in [-0.05, 0) is 36.6 Å². The van der Waals surface area contributed by atoms with Gasteiger partial charge in [0.25, 0.3) is 11.5 Å². The van der Waals surface area contributed by atoms with Gasteiger partial charge < -0.3 is 30.8 Å². The molecule has 11 nitrogen and oxygen atoms in total. The van der Waals surface area contributed by atoms with Crippen molar-refractivity contribution in [2.24, 2.45) is 0 Å². The van der Waals surface area contributed by atoms with Crippen LogP contribution in [-0.4, -0.2) is 48.6 Å². The number of nitrogens with zero attached hydrogens (tertiary/aromatic N) is 2. The SMILES string of the molecule is Nc1nc(=O)c2c(ccn2CCc2ccc(C(=O)N[C@@H](CCC(=O)O)C(=O)O)cc2)[nH]1. The smallest absolute Gasteiger partial charge is 0.326 e. The summed E-state index contributed by atoms with van der Waals surface area (Å²) in [7, 11) is 0. The Morgan fingerprint density at radius 2 is 1.87 bits per heavy atom. The van der Waals surface area contributed by atoms with E-state index in [9.17, 15) is 19.2 Å². The molecule has 31 heavy (non-hydrogen) atoms. The van der Waals surface area contributed by atoms with Crippen molar-refractivity contribution >= 4 is 34.8 Å². The van der Waals surface area contributed by atoms with E-state index in [2.05, 4.69) is 15.3 Å². The molecule has 0 unspecified atom stereocenters. The molecule has 0 fully saturated rings. The summed E-state index contributed by atoms with van der Waals surface area (Å²) in [6.07, 6.45) is 1.76. The molecule has 0 spiro atoms. The summed E-state index contributed by atoms with van der Waals surface area (Å²) in [5, 5.41) is 20.2. The van der Waals surface area contributed by atoms with Crippen LogP contribution in [0, 0.1) is 0 Å². The normalized spacial score (nSPS) is 11.9. The Bertz CT molecular complexity index is 1180. The van der Waals surface area contributed by atoms with Crippen molar-refractivity contribution in [1.29, 1.82) is 0 Å². The van der Waals surface area contributed by atoms with E-state index in [1.165, 1.54) is 0 Å². The average Bonchev–Trinajstić information content (AvgIpc) is 3.12. The number of anilines is 1. The van der Waals surface area contributed by atoms with Crippen LogP contribution in [0.5, 0.6) is 0 Å². The number of H-pyrrole nitrogens is 1. The van der Waals surface area contributed by atoms with Crippen molar-refractivity contribution in [2.45, 2.75) is 31.8 Å². The number of hydrogen-bond donors (Lipinski definition) is 5. The minimum absolute atomic E-state index is 0.0530. The third kappa shape index (κ3) is 5.26. The Hall–Kier alpha value is -4.15. The quantitative estimate of drug-likeness (QED) is 0.329. The minimum atomic E-state index is -1.29. The largest absolute Gasteiger partial charge is 0.481 e. The second kappa shape index (κ2) is 9.11. The number of aromatic nitrogens is 3. The molecule has 0 saturated heterocycles. The van der Waals surface area contributed by atoms with Crippen molar-refractivity contribution in [3.63, 3.8) is 0 Å². The molecule has 0 bridgehead atoms.